The van der Waals surface area contributed by atoms with Gasteiger partial charge in [0.15, 0.2) is 0 Å². The molecule has 1 aromatic carbocycles. The van der Waals surface area contributed by atoms with Crippen molar-refractivity contribution >= 4 is 11.8 Å². The van der Waals surface area contributed by atoms with E-state index in [2.05, 4.69) is 5.32 Å². The third-order valence-electron chi connectivity index (χ3n) is 5.18. The van der Waals surface area contributed by atoms with Crippen LogP contribution in [0.4, 0.5) is 0 Å². The van der Waals surface area contributed by atoms with Crippen LogP contribution in [-0.2, 0) is 9.59 Å². The second-order valence-corrected chi connectivity index (χ2v) is 6.96. The summed E-state index contributed by atoms with van der Waals surface area (Å²) < 4.78 is 5.51. The number of piperidine rings is 1. The number of ether oxygens (including phenoxy) is 1. The fourth-order valence-corrected chi connectivity index (χ4v) is 3.64. The molecule has 2 amide bonds. The van der Waals surface area contributed by atoms with E-state index in [1.165, 1.54) is 12.8 Å². The van der Waals surface area contributed by atoms with Crippen molar-refractivity contribution in [2.24, 2.45) is 11.8 Å². The zero-order chi connectivity index (χ0) is 17.8. The largest absolute Gasteiger partial charge is 0.494 e. The minimum absolute atomic E-state index is 0.0803. The van der Waals surface area contributed by atoms with Gasteiger partial charge in [0.25, 0.3) is 0 Å². The van der Waals surface area contributed by atoms with E-state index in [0.29, 0.717) is 31.9 Å². The van der Waals surface area contributed by atoms with Gasteiger partial charge in [-0.2, -0.15) is 0 Å². The normalized spacial score (nSPS) is 23.4. The Kier molecular flexibility index (Phi) is 5.61. The van der Waals surface area contributed by atoms with Gasteiger partial charge in [0, 0.05) is 19.5 Å². The summed E-state index contributed by atoms with van der Waals surface area (Å²) >= 11 is 0. The number of rotatable bonds is 7. The number of nitrogens with one attached hydrogen (secondary N) is 1. The molecule has 0 aromatic heterocycles. The van der Waals surface area contributed by atoms with Gasteiger partial charge in [-0.3, -0.25) is 9.59 Å². The van der Waals surface area contributed by atoms with Crippen molar-refractivity contribution in [3.8, 4) is 5.75 Å². The van der Waals surface area contributed by atoms with Crippen LogP contribution >= 0.6 is 0 Å². The third-order valence-corrected chi connectivity index (χ3v) is 5.18. The second-order valence-electron chi connectivity index (χ2n) is 6.96. The number of likely N-dealkylation sites (tertiary alicyclic amines) is 1. The van der Waals surface area contributed by atoms with Crippen molar-refractivity contribution in [3.63, 3.8) is 0 Å². The standard InChI is InChI=1S/C20H28N2O3/c1-3-22-18(23)12-11-17(20(24)21-13-14-5-6-14)19(22)15-7-9-16(10-8-15)25-4-2/h7-10,14,17,19H,3-6,11-13H2,1-2H3,(H,21,24)/t17-,19+/m1/s1. The highest BCUT2D eigenvalue weighted by molar-refractivity contribution is 5.85. The van der Waals surface area contributed by atoms with E-state index in [1.54, 1.807) is 0 Å². The SMILES string of the molecule is CCOc1ccc([C@H]2[C@H](C(=O)NCC3CC3)CCC(=O)N2CC)cc1. The van der Waals surface area contributed by atoms with Gasteiger partial charge in [0.2, 0.25) is 11.8 Å². The summed E-state index contributed by atoms with van der Waals surface area (Å²) in [6.07, 6.45) is 3.49. The molecule has 1 aliphatic carbocycles. The number of carbonyl (C=O) groups is 2. The van der Waals surface area contributed by atoms with Gasteiger partial charge in [0.05, 0.1) is 18.6 Å². The van der Waals surface area contributed by atoms with Crippen LogP contribution in [0.5, 0.6) is 5.75 Å². The number of amides is 2. The lowest BCUT2D eigenvalue weighted by molar-refractivity contribution is -0.143. The lowest BCUT2D eigenvalue weighted by Gasteiger charge is -2.40. The van der Waals surface area contributed by atoms with Gasteiger partial charge in [-0.05, 0) is 56.7 Å². The lowest BCUT2D eigenvalue weighted by atomic mass is 9.83. The molecule has 5 nitrogen and oxygen atoms in total. The average molecular weight is 344 g/mol. The zero-order valence-electron chi connectivity index (χ0n) is 15.2. The van der Waals surface area contributed by atoms with Gasteiger partial charge in [-0.15, -0.1) is 0 Å². The first kappa shape index (κ1) is 17.8. The minimum atomic E-state index is -0.193. The van der Waals surface area contributed by atoms with Gasteiger partial charge >= 0.3 is 0 Å². The summed E-state index contributed by atoms with van der Waals surface area (Å²) in [5, 5.41) is 3.10. The Bertz CT molecular complexity index is 610. The number of hydrogen-bond donors (Lipinski definition) is 1. The monoisotopic (exact) mass is 344 g/mol. The summed E-state index contributed by atoms with van der Waals surface area (Å²) in [4.78, 5) is 27.0. The molecule has 0 spiro atoms. The van der Waals surface area contributed by atoms with E-state index in [0.717, 1.165) is 17.9 Å². The summed E-state index contributed by atoms with van der Waals surface area (Å²) in [7, 11) is 0. The summed E-state index contributed by atoms with van der Waals surface area (Å²) in [5.74, 6) is 1.49. The van der Waals surface area contributed by atoms with Gasteiger partial charge in [-0.1, -0.05) is 12.1 Å². The maximum Gasteiger partial charge on any atom is 0.225 e. The first-order valence-corrected chi connectivity index (χ1v) is 9.44. The second kappa shape index (κ2) is 7.89. The van der Waals surface area contributed by atoms with Crippen molar-refractivity contribution in [1.82, 2.24) is 10.2 Å². The van der Waals surface area contributed by atoms with E-state index in [1.807, 2.05) is 43.0 Å². The zero-order valence-corrected chi connectivity index (χ0v) is 15.2. The van der Waals surface area contributed by atoms with E-state index >= 15 is 0 Å². The lowest BCUT2D eigenvalue weighted by Crippen LogP contribution is -2.48. The number of nitrogens with zero attached hydrogens (tertiary/aromatic N) is 1. The van der Waals surface area contributed by atoms with Crippen LogP contribution in [0.2, 0.25) is 0 Å². The van der Waals surface area contributed by atoms with Crippen LogP contribution < -0.4 is 10.1 Å². The van der Waals surface area contributed by atoms with Crippen LogP contribution in [0, 0.1) is 11.8 Å². The molecule has 0 bridgehead atoms. The Hall–Kier alpha value is -2.04. The maximum atomic E-state index is 12.8. The molecule has 2 fully saturated rings. The highest BCUT2D eigenvalue weighted by atomic mass is 16.5. The van der Waals surface area contributed by atoms with Crippen molar-refractivity contribution in [3.05, 3.63) is 29.8 Å². The van der Waals surface area contributed by atoms with Crippen molar-refractivity contribution in [2.75, 3.05) is 19.7 Å². The molecule has 2 atom stereocenters. The Balaban J connectivity index is 1.81. The van der Waals surface area contributed by atoms with Gasteiger partial charge in [0.1, 0.15) is 5.75 Å². The highest BCUT2D eigenvalue weighted by Crippen LogP contribution is 2.37. The summed E-state index contributed by atoms with van der Waals surface area (Å²) in [6.45, 7) is 5.93. The molecule has 0 unspecified atom stereocenters. The molecular formula is C20H28N2O3. The minimum Gasteiger partial charge on any atom is -0.494 e. The molecule has 1 saturated heterocycles. The highest BCUT2D eigenvalue weighted by Gasteiger charge is 2.40. The van der Waals surface area contributed by atoms with Crippen LogP contribution in [0.15, 0.2) is 24.3 Å². The third kappa shape index (κ3) is 4.14. The Morgan fingerprint density at radius 3 is 2.52 bits per heavy atom. The predicted octanol–water partition coefficient (Wildman–Crippen LogP) is 2.91. The van der Waals surface area contributed by atoms with Crippen molar-refractivity contribution in [1.29, 1.82) is 0 Å². The molecule has 5 heteroatoms. The maximum absolute atomic E-state index is 12.8. The molecule has 3 rings (SSSR count). The quantitative estimate of drug-likeness (QED) is 0.827. The van der Waals surface area contributed by atoms with Crippen molar-refractivity contribution in [2.45, 2.75) is 45.6 Å². The Labute approximate surface area is 149 Å². The predicted molar refractivity (Wildman–Crippen MR) is 96.2 cm³/mol. The van der Waals surface area contributed by atoms with Crippen LogP contribution in [0.25, 0.3) is 0 Å². The first-order chi connectivity index (χ1) is 12.1. The first-order valence-electron chi connectivity index (χ1n) is 9.44. The molecule has 25 heavy (non-hydrogen) atoms. The average Bonchev–Trinajstić information content (AvgIpc) is 3.45. The van der Waals surface area contributed by atoms with Crippen LogP contribution in [0.1, 0.15) is 51.1 Å². The molecule has 2 aliphatic rings. The smallest absolute Gasteiger partial charge is 0.225 e. The van der Waals surface area contributed by atoms with Crippen molar-refractivity contribution < 1.29 is 14.3 Å². The molecule has 1 heterocycles. The van der Waals surface area contributed by atoms with E-state index in [-0.39, 0.29) is 23.8 Å². The van der Waals surface area contributed by atoms with E-state index < -0.39 is 0 Å². The van der Waals surface area contributed by atoms with Gasteiger partial charge in [-0.25, -0.2) is 0 Å². The fraction of sp³-hybridized carbons (Fsp3) is 0.600. The molecule has 0 radical (unpaired) electrons. The van der Waals surface area contributed by atoms with Crippen LogP contribution in [0.3, 0.4) is 0 Å². The summed E-state index contributed by atoms with van der Waals surface area (Å²) in [5.41, 5.74) is 1.00. The molecule has 1 N–H and O–H groups in total. The number of benzene rings is 1. The fourth-order valence-electron chi connectivity index (χ4n) is 3.64. The molecule has 1 aromatic rings. The van der Waals surface area contributed by atoms with E-state index in [4.69, 9.17) is 4.74 Å². The number of carbonyl (C=O) groups excluding carboxylic acids is 2. The molecule has 1 aliphatic heterocycles. The van der Waals surface area contributed by atoms with Gasteiger partial charge < -0.3 is 15.0 Å². The topological polar surface area (TPSA) is 58.6 Å². The van der Waals surface area contributed by atoms with Crippen LogP contribution in [-0.4, -0.2) is 36.4 Å². The Morgan fingerprint density at radius 1 is 1.20 bits per heavy atom. The molecule has 136 valence electrons. The molecular weight excluding hydrogens is 316 g/mol. The number of hydrogen-bond acceptors (Lipinski definition) is 3. The Morgan fingerprint density at radius 2 is 1.92 bits per heavy atom. The van der Waals surface area contributed by atoms with E-state index in [9.17, 15) is 9.59 Å². The summed E-state index contributed by atoms with van der Waals surface area (Å²) in [6, 6.07) is 7.62. The molecule has 1 saturated carbocycles.